The fourth-order valence-corrected chi connectivity index (χ4v) is 3.22. The first-order valence-corrected chi connectivity index (χ1v) is 7.54. The summed E-state index contributed by atoms with van der Waals surface area (Å²) in [6.07, 6.45) is 3.95. The second-order valence-corrected chi connectivity index (χ2v) is 6.23. The number of hydrogen-bond acceptors (Lipinski definition) is 3. The number of rotatable bonds is 3. The number of halogens is 1. The zero-order valence-corrected chi connectivity index (χ0v) is 12.7. The van der Waals surface area contributed by atoms with Crippen LogP contribution < -0.4 is 0 Å². The van der Waals surface area contributed by atoms with Crippen LogP contribution in [-0.2, 0) is 6.54 Å². The Labute approximate surface area is 128 Å². The molecule has 0 spiro atoms. The van der Waals surface area contributed by atoms with Crippen molar-refractivity contribution in [3.63, 3.8) is 0 Å². The first kappa shape index (κ1) is 14.4. The van der Waals surface area contributed by atoms with E-state index in [0.29, 0.717) is 16.5 Å². The summed E-state index contributed by atoms with van der Waals surface area (Å²) < 4.78 is 1.38. The smallest absolute Gasteiger partial charge is 0.354 e. The van der Waals surface area contributed by atoms with Crippen molar-refractivity contribution < 1.29 is 9.90 Å². The Morgan fingerprint density at radius 2 is 2.33 bits per heavy atom. The SMILES string of the molecule is C[C@H]1CCCN(Cc2cc(C(=O)O)n3ncc(Cl)c3c2)C1. The van der Waals surface area contributed by atoms with Crippen molar-refractivity contribution in [3.8, 4) is 0 Å². The van der Waals surface area contributed by atoms with Crippen LogP contribution in [-0.4, -0.2) is 38.7 Å². The predicted octanol–water partition coefficient (Wildman–Crippen LogP) is 2.92. The molecule has 1 fully saturated rings. The third-order valence-corrected chi connectivity index (χ3v) is 4.29. The monoisotopic (exact) mass is 307 g/mol. The van der Waals surface area contributed by atoms with Gasteiger partial charge in [0.2, 0.25) is 0 Å². The Morgan fingerprint density at radius 3 is 3.05 bits per heavy atom. The molecule has 1 atom stereocenters. The molecule has 1 aliphatic heterocycles. The summed E-state index contributed by atoms with van der Waals surface area (Å²) >= 11 is 6.10. The molecule has 112 valence electrons. The number of carboxylic acids is 1. The van der Waals surface area contributed by atoms with E-state index in [1.807, 2.05) is 6.07 Å². The molecule has 0 saturated carbocycles. The number of carbonyl (C=O) groups is 1. The highest BCUT2D eigenvalue weighted by atomic mass is 35.5. The van der Waals surface area contributed by atoms with Crippen molar-refractivity contribution in [2.75, 3.05) is 13.1 Å². The van der Waals surface area contributed by atoms with Gasteiger partial charge in [-0.25, -0.2) is 9.31 Å². The molecule has 0 bridgehead atoms. The molecule has 3 heterocycles. The molecule has 1 saturated heterocycles. The molecule has 2 aromatic heterocycles. The summed E-state index contributed by atoms with van der Waals surface area (Å²) in [5.41, 5.74) is 1.77. The van der Waals surface area contributed by atoms with E-state index in [1.165, 1.54) is 23.6 Å². The quantitative estimate of drug-likeness (QED) is 0.947. The molecule has 1 aliphatic rings. The number of pyridine rings is 1. The minimum absolute atomic E-state index is 0.152. The van der Waals surface area contributed by atoms with E-state index < -0.39 is 5.97 Å². The van der Waals surface area contributed by atoms with Gasteiger partial charge in [-0.2, -0.15) is 5.10 Å². The number of fused-ring (bicyclic) bond motifs is 1. The maximum atomic E-state index is 11.4. The van der Waals surface area contributed by atoms with Gasteiger partial charge in [-0.1, -0.05) is 18.5 Å². The van der Waals surface area contributed by atoms with E-state index in [0.717, 1.165) is 25.2 Å². The lowest BCUT2D eigenvalue weighted by molar-refractivity contribution is 0.0687. The van der Waals surface area contributed by atoms with Crippen LogP contribution in [0.5, 0.6) is 0 Å². The van der Waals surface area contributed by atoms with E-state index >= 15 is 0 Å². The zero-order valence-electron chi connectivity index (χ0n) is 11.9. The Bertz CT molecular complexity index is 683. The van der Waals surface area contributed by atoms with E-state index in [4.69, 9.17) is 11.6 Å². The number of aromatic carboxylic acids is 1. The highest BCUT2D eigenvalue weighted by Gasteiger charge is 2.19. The van der Waals surface area contributed by atoms with Crippen LogP contribution in [0.1, 0.15) is 35.8 Å². The van der Waals surface area contributed by atoms with Gasteiger partial charge in [0.05, 0.1) is 16.7 Å². The third-order valence-electron chi connectivity index (χ3n) is 4.00. The highest BCUT2D eigenvalue weighted by Crippen LogP contribution is 2.23. The molecule has 6 heteroatoms. The minimum atomic E-state index is -0.992. The number of aromatic nitrogens is 2. The molecule has 0 aliphatic carbocycles. The topological polar surface area (TPSA) is 57.8 Å². The number of piperidine rings is 1. The van der Waals surface area contributed by atoms with Crippen LogP contribution in [0.25, 0.3) is 5.52 Å². The Hall–Kier alpha value is -1.59. The fraction of sp³-hybridized carbons (Fsp3) is 0.467. The molecular weight excluding hydrogens is 290 g/mol. The lowest BCUT2D eigenvalue weighted by Crippen LogP contribution is -2.33. The standard InChI is InChI=1S/C15H18ClN3O2/c1-10-3-2-4-18(8-10)9-11-5-13-12(16)7-17-19(13)14(6-11)15(20)21/h5-7,10H,2-4,8-9H2,1H3,(H,20,21)/t10-/m0/s1. The van der Waals surface area contributed by atoms with Gasteiger partial charge in [0.25, 0.3) is 0 Å². The summed E-state index contributed by atoms with van der Waals surface area (Å²) in [5, 5.41) is 13.9. The molecule has 5 nitrogen and oxygen atoms in total. The molecule has 21 heavy (non-hydrogen) atoms. The largest absolute Gasteiger partial charge is 0.477 e. The fourth-order valence-electron chi connectivity index (χ4n) is 3.05. The average Bonchev–Trinajstić information content (AvgIpc) is 2.80. The van der Waals surface area contributed by atoms with Gasteiger partial charge < -0.3 is 5.11 Å². The van der Waals surface area contributed by atoms with Gasteiger partial charge in [0, 0.05) is 13.1 Å². The first-order chi connectivity index (χ1) is 10.0. The van der Waals surface area contributed by atoms with Gasteiger partial charge in [-0.3, -0.25) is 4.90 Å². The van der Waals surface area contributed by atoms with E-state index in [-0.39, 0.29) is 5.69 Å². The van der Waals surface area contributed by atoms with Crippen LogP contribution in [0.3, 0.4) is 0 Å². The van der Waals surface area contributed by atoms with E-state index in [1.54, 1.807) is 6.07 Å². The summed E-state index contributed by atoms with van der Waals surface area (Å²) in [7, 11) is 0. The van der Waals surface area contributed by atoms with Gasteiger partial charge in [0.1, 0.15) is 0 Å². The second kappa shape index (κ2) is 5.66. The minimum Gasteiger partial charge on any atom is -0.477 e. The van der Waals surface area contributed by atoms with Crippen molar-refractivity contribution in [2.45, 2.75) is 26.3 Å². The molecular formula is C15H18ClN3O2. The van der Waals surface area contributed by atoms with Crippen LogP contribution in [0.15, 0.2) is 18.3 Å². The van der Waals surface area contributed by atoms with E-state index in [9.17, 15) is 9.90 Å². The summed E-state index contributed by atoms with van der Waals surface area (Å²) in [6.45, 7) is 5.12. The number of hydrogen-bond donors (Lipinski definition) is 1. The second-order valence-electron chi connectivity index (χ2n) is 5.83. The summed E-state index contributed by atoms with van der Waals surface area (Å²) in [6, 6.07) is 3.62. The molecule has 3 rings (SSSR count). The average molecular weight is 308 g/mol. The van der Waals surface area contributed by atoms with Gasteiger partial charge >= 0.3 is 5.97 Å². The van der Waals surface area contributed by atoms with Crippen LogP contribution in [0, 0.1) is 5.92 Å². The molecule has 1 N–H and O–H groups in total. The van der Waals surface area contributed by atoms with Crippen LogP contribution >= 0.6 is 11.6 Å². The lowest BCUT2D eigenvalue weighted by atomic mass is 10.00. The molecule has 2 aromatic rings. The summed E-state index contributed by atoms with van der Waals surface area (Å²) in [4.78, 5) is 13.8. The number of carboxylic acid groups (broad SMARTS) is 1. The van der Waals surface area contributed by atoms with Gasteiger partial charge in [0.15, 0.2) is 5.69 Å². The maximum absolute atomic E-state index is 11.4. The maximum Gasteiger partial charge on any atom is 0.354 e. The van der Waals surface area contributed by atoms with Crippen LogP contribution in [0.4, 0.5) is 0 Å². The van der Waals surface area contributed by atoms with Crippen molar-refractivity contribution in [3.05, 3.63) is 34.6 Å². The van der Waals surface area contributed by atoms with Crippen molar-refractivity contribution >= 4 is 23.1 Å². The van der Waals surface area contributed by atoms with Crippen molar-refractivity contribution in [1.82, 2.24) is 14.5 Å². The van der Waals surface area contributed by atoms with Crippen LogP contribution in [0.2, 0.25) is 5.02 Å². The first-order valence-electron chi connectivity index (χ1n) is 7.16. The van der Waals surface area contributed by atoms with E-state index in [2.05, 4.69) is 16.9 Å². The van der Waals surface area contributed by atoms with Crippen molar-refractivity contribution in [2.24, 2.45) is 5.92 Å². The molecule has 0 aromatic carbocycles. The molecule has 0 radical (unpaired) electrons. The summed E-state index contributed by atoms with van der Waals surface area (Å²) in [5.74, 6) is -0.298. The Balaban J connectivity index is 1.94. The Morgan fingerprint density at radius 1 is 1.52 bits per heavy atom. The molecule has 0 unspecified atom stereocenters. The normalized spacial score (nSPS) is 20.0. The Kier molecular flexibility index (Phi) is 3.87. The third kappa shape index (κ3) is 2.89. The number of likely N-dealkylation sites (tertiary alicyclic amines) is 1. The lowest BCUT2D eigenvalue weighted by Gasteiger charge is -2.30. The van der Waals surface area contributed by atoms with Gasteiger partial charge in [-0.15, -0.1) is 0 Å². The predicted molar refractivity (Wildman–Crippen MR) is 80.8 cm³/mol. The highest BCUT2D eigenvalue weighted by molar-refractivity contribution is 6.33. The van der Waals surface area contributed by atoms with Crippen molar-refractivity contribution in [1.29, 1.82) is 0 Å². The number of nitrogens with zero attached hydrogens (tertiary/aromatic N) is 3. The molecule has 0 amide bonds. The zero-order chi connectivity index (χ0) is 15.0. The van der Waals surface area contributed by atoms with Gasteiger partial charge in [-0.05, 0) is 43.0 Å².